The standard InChI is InChI=1S/C16H19N3O/c1-2-13-10-15(19-18-13)16(20)17-14-8-4-7-12(9-14)11-5-3-6-11/h4,7-11H,2-3,5-6H2,1H3,(H,17,20)(H,18,19). The summed E-state index contributed by atoms with van der Waals surface area (Å²) in [5.41, 5.74) is 3.58. The molecule has 2 aromatic rings. The zero-order valence-corrected chi connectivity index (χ0v) is 11.6. The van der Waals surface area contributed by atoms with Crippen molar-refractivity contribution in [3.8, 4) is 0 Å². The third kappa shape index (κ3) is 2.59. The Labute approximate surface area is 118 Å². The molecule has 4 nitrogen and oxygen atoms in total. The number of rotatable bonds is 4. The maximum absolute atomic E-state index is 12.1. The molecule has 1 aromatic carbocycles. The third-order valence-electron chi connectivity index (χ3n) is 3.97. The minimum absolute atomic E-state index is 0.160. The van der Waals surface area contributed by atoms with Gasteiger partial charge in [0.2, 0.25) is 0 Å². The van der Waals surface area contributed by atoms with Gasteiger partial charge in [-0.2, -0.15) is 5.10 Å². The average molecular weight is 269 g/mol. The lowest BCUT2D eigenvalue weighted by molar-refractivity contribution is 0.102. The summed E-state index contributed by atoms with van der Waals surface area (Å²) < 4.78 is 0. The first kappa shape index (κ1) is 12.9. The molecule has 1 aliphatic carbocycles. The van der Waals surface area contributed by atoms with Crippen LogP contribution in [0.2, 0.25) is 0 Å². The number of anilines is 1. The molecule has 0 bridgehead atoms. The quantitative estimate of drug-likeness (QED) is 0.892. The van der Waals surface area contributed by atoms with Crippen molar-refractivity contribution >= 4 is 11.6 Å². The molecular weight excluding hydrogens is 250 g/mol. The van der Waals surface area contributed by atoms with Crippen LogP contribution in [0.4, 0.5) is 5.69 Å². The SMILES string of the molecule is CCc1cc(C(=O)Nc2cccc(C3CCC3)c2)n[nH]1. The Morgan fingerprint density at radius 2 is 2.25 bits per heavy atom. The molecule has 1 amide bonds. The van der Waals surface area contributed by atoms with Gasteiger partial charge in [0, 0.05) is 11.4 Å². The molecule has 0 spiro atoms. The molecule has 0 atom stereocenters. The van der Waals surface area contributed by atoms with Gasteiger partial charge in [0.15, 0.2) is 5.69 Å². The van der Waals surface area contributed by atoms with Crippen molar-refractivity contribution in [2.75, 3.05) is 5.32 Å². The third-order valence-corrected chi connectivity index (χ3v) is 3.97. The van der Waals surface area contributed by atoms with Crippen LogP contribution in [0.1, 0.15) is 53.8 Å². The number of aryl methyl sites for hydroxylation is 1. The van der Waals surface area contributed by atoms with E-state index < -0.39 is 0 Å². The number of benzene rings is 1. The van der Waals surface area contributed by atoms with Gasteiger partial charge in [-0.05, 0) is 48.9 Å². The Balaban J connectivity index is 1.71. The zero-order chi connectivity index (χ0) is 13.9. The zero-order valence-electron chi connectivity index (χ0n) is 11.6. The van der Waals surface area contributed by atoms with Gasteiger partial charge >= 0.3 is 0 Å². The van der Waals surface area contributed by atoms with Crippen molar-refractivity contribution in [1.29, 1.82) is 0 Å². The molecule has 2 N–H and O–H groups in total. The van der Waals surface area contributed by atoms with Crippen LogP contribution in [0.25, 0.3) is 0 Å². The number of carbonyl (C=O) groups excluding carboxylic acids is 1. The highest BCUT2D eigenvalue weighted by atomic mass is 16.1. The van der Waals surface area contributed by atoms with Crippen LogP contribution in [-0.2, 0) is 6.42 Å². The Kier molecular flexibility index (Phi) is 3.54. The Bertz CT molecular complexity index is 614. The second-order valence-corrected chi connectivity index (χ2v) is 5.34. The molecule has 4 heteroatoms. The van der Waals surface area contributed by atoms with Gasteiger partial charge in [0.25, 0.3) is 5.91 Å². The predicted octanol–water partition coefficient (Wildman–Crippen LogP) is 3.49. The molecule has 0 aliphatic heterocycles. The van der Waals surface area contributed by atoms with Crippen LogP contribution >= 0.6 is 0 Å². The highest BCUT2D eigenvalue weighted by Crippen LogP contribution is 2.37. The number of aromatic amines is 1. The van der Waals surface area contributed by atoms with Crippen LogP contribution in [0.15, 0.2) is 30.3 Å². The van der Waals surface area contributed by atoms with Crippen LogP contribution in [0.5, 0.6) is 0 Å². The van der Waals surface area contributed by atoms with Crippen LogP contribution < -0.4 is 5.32 Å². The molecule has 1 aromatic heterocycles. The molecule has 0 unspecified atom stereocenters. The molecule has 0 radical (unpaired) electrons. The highest BCUT2D eigenvalue weighted by molar-refractivity contribution is 6.02. The molecule has 1 heterocycles. The maximum atomic E-state index is 12.1. The molecular formula is C16H19N3O. The lowest BCUT2D eigenvalue weighted by Crippen LogP contribution is -2.13. The average Bonchev–Trinajstić information content (AvgIpc) is 2.86. The van der Waals surface area contributed by atoms with E-state index in [2.05, 4.69) is 27.6 Å². The van der Waals surface area contributed by atoms with Crippen molar-refractivity contribution in [3.63, 3.8) is 0 Å². The molecule has 0 saturated heterocycles. The molecule has 20 heavy (non-hydrogen) atoms. The lowest BCUT2D eigenvalue weighted by atomic mass is 9.80. The first-order valence-corrected chi connectivity index (χ1v) is 7.22. The van der Waals surface area contributed by atoms with Gasteiger partial charge in [-0.3, -0.25) is 9.89 Å². The second kappa shape index (κ2) is 5.49. The van der Waals surface area contributed by atoms with E-state index in [9.17, 15) is 4.79 Å². The first-order valence-electron chi connectivity index (χ1n) is 7.22. The van der Waals surface area contributed by atoms with Crippen molar-refractivity contribution < 1.29 is 4.79 Å². The predicted molar refractivity (Wildman–Crippen MR) is 79.0 cm³/mol. The summed E-state index contributed by atoms with van der Waals surface area (Å²) in [5, 5.41) is 9.81. The summed E-state index contributed by atoms with van der Waals surface area (Å²) in [6.45, 7) is 2.03. The van der Waals surface area contributed by atoms with E-state index in [1.807, 2.05) is 19.1 Å². The van der Waals surface area contributed by atoms with E-state index in [0.29, 0.717) is 11.6 Å². The summed E-state index contributed by atoms with van der Waals surface area (Å²) in [5.74, 6) is 0.510. The number of hydrogen-bond acceptors (Lipinski definition) is 2. The monoisotopic (exact) mass is 269 g/mol. The summed E-state index contributed by atoms with van der Waals surface area (Å²) in [6, 6.07) is 9.95. The van der Waals surface area contributed by atoms with Gasteiger partial charge < -0.3 is 5.32 Å². The van der Waals surface area contributed by atoms with E-state index >= 15 is 0 Å². The van der Waals surface area contributed by atoms with Gasteiger partial charge in [-0.25, -0.2) is 0 Å². The van der Waals surface area contributed by atoms with Crippen molar-refractivity contribution in [2.24, 2.45) is 0 Å². The number of nitrogens with one attached hydrogen (secondary N) is 2. The topological polar surface area (TPSA) is 57.8 Å². The molecule has 1 fully saturated rings. The van der Waals surface area contributed by atoms with Gasteiger partial charge in [-0.1, -0.05) is 25.5 Å². The molecule has 1 aliphatic rings. The van der Waals surface area contributed by atoms with Crippen molar-refractivity contribution in [2.45, 2.75) is 38.5 Å². The number of H-pyrrole nitrogens is 1. The van der Waals surface area contributed by atoms with Crippen LogP contribution in [-0.4, -0.2) is 16.1 Å². The van der Waals surface area contributed by atoms with Crippen LogP contribution in [0.3, 0.4) is 0 Å². The van der Waals surface area contributed by atoms with Gasteiger partial charge in [0.1, 0.15) is 0 Å². The van der Waals surface area contributed by atoms with E-state index in [-0.39, 0.29) is 5.91 Å². The van der Waals surface area contributed by atoms with E-state index in [1.165, 1.54) is 24.8 Å². The summed E-state index contributed by atoms with van der Waals surface area (Å²) >= 11 is 0. The summed E-state index contributed by atoms with van der Waals surface area (Å²) in [6.07, 6.45) is 4.68. The first-order chi connectivity index (χ1) is 9.76. The fraction of sp³-hybridized carbons (Fsp3) is 0.375. The van der Waals surface area contributed by atoms with E-state index in [4.69, 9.17) is 0 Å². The minimum atomic E-state index is -0.160. The van der Waals surface area contributed by atoms with Crippen LogP contribution in [0, 0.1) is 0 Å². The number of nitrogens with zero attached hydrogens (tertiary/aromatic N) is 1. The largest absolute Gasteiger partial charge is 0.321 e. The number of carbonyl (C=O) groups is 1. The number of aromatic nitrogens is 2. The van der Waals surface area contributed by atoms with Gasteiger partial charge in [0.05, 0.1) is 0 Å². The fourth-order valence-electron chi connectivity index (χ4n) is 2.47. The minimum Gasteiger partial charge on any atom is -0.321 e. The maximum Gasteiger partial charge on any atom is 0.276 e. The fourth-order valence-corrected chi connectivity index (χ4v) is 2.47. The molecule has 3 rings (SSSR count). The van der Waals surface area contributed by atoms with E-state index in [1.54, 1.807) is 6.07 Å². The van der Waals surface area contributed by atoms with Gasteiger partial charge in [-0.15, -0.1) is 0 Å². The van der Waals surface area contributed by atoms with Crippen molar-refractivity contribution in [3.05, 3.63) is 47.3 Å². The molecule has 104 valence electrons. The molecule has 1 saturated carbocycles. The normalized spacial score (nSPS) is 14.8. The summed E-state index contributed by atoms with van der Waals surface area (Å²) in [4.78, 5) is 12.1. The highest BCUT2D eigenvalue weighted by Gasteiger charge is 2.19. The number of hydrogen-bond donors (Lipinski definition) is 2. The smallest absolute Gasteiger partial charge is 0.276 e. The van der Waals surface area contributed by atoms with Crippen molar-refractivity contribution in [1.82, 2.24) is 10.2 Å². The Morgan fingerprint density at radius 3 is 2.90 bits per heavy atom. The Morgan fingerprint density at radius 1 is 1.40 bits per heavy atom. The second-order valence-electron chi connectivity index (χ2n) is 5.34. The number of amides is 1. The Hall–Kier alpha value is -2.10. The van der Waals surface area contributed by atoms with E-state index in [0.717, 1.165) is 17.8 Å². The summed E-state index contributed by atoms with van der Waals surface area (Å²) in [7, 11) is 0. The lowest BCUT2D eigenvalue weighted by Gasteiger charge is -2.26.